The zero-order valence-corrected chi connectivity index (χ0v) is 18.4. The molecule has 0 atom stereocenters. The van der Waals surface area contributed by atoms with Crippen molar-refractivity contribution >= 4 is 44.3 Å². The highest BCUT2D eigenvalue weighted by Crippen LogP contribution is 2.21. The first-order valence-electron chi connectivity index (χ1n) is 9.49. The van der Waals surface area contributed by atoms with Crippen LogP contribution in [0, 0.1) is 20.8 Å². The summed E-state index contributed by atoms with van der Waals surface area (Å²) in [4.78, 5) is 22.1. The van der Waals surface area contributed by atoms with E-state index < -0.39 is 0 Å². The molecule has 0 radical (unpaired) electrons. The largest absolute Gasteiger partial charge is 0.438 e. The average Bonchev–Trinajstić information content (AvgIpc) is 2.70. The minimum absolute atomic E-state index is 0.248. The number of nitrogens with zero attached hydrogens (tertiary/aromatic N) is 2. The number of benzene rings is 2. The van der Waals surface area contributed by atoms with Gasteiger partial charge in [-0.25, -0.2) is 9.98 Å². The number of anilines is 1. The third-order valence-corrected chi connectivity index (χ3v) is 5.30. The summed E-state index contributed by atoms with van der Waals surface area (Å²) in [7, 11) is 0. The molecule has 5 nitrogen and oxygen atoms in total. The second-order valence-electron chi connectivity index (χ2n) is 7.15. The van der Waals surface area contributed by atoms with Gasteiger partial charge in [0.2, 0.25) is 5.55 Å². The lowest BCUT2D eigenvalue weighted by molar-refractivity contribution is 0.102. The van der Waals surface area contributed by atoms with Crippen molar-refractivity contribution in [2.24, 2.45) is 4.99 Å². The Bertz CT molecular complexity index is 1340. The first-order chi connectivity index (χ1) is 14.4. The van der Waals surface area contributed by atoms with Crippen LogP contribution < -0.4 is 10.9 Å². The Labute approximate surface area is 182 Å². The quantitative estimate of drug-likeness (QED) is 0.406. The van der Waals surface area contributed by atoms with E-state index in [1.54, 1.807) is 12.1 Å². The molecule has 4 aromatic rings. The van der Waals surface area contributed by atoms with Crippen LogP contribution in [0.2, 0.25) is 0 Å². The van der Waals surface area contributed by atoms with Crippen molar-refractivity contribution in [2.75, 3.05) is 5.32 Å². The fraction of sp³-hybridized carbons (Fsp3) is 0.125. The van der Waals surface area contributed by atoms with Crippen molar-refractivity contribution in [1.82, 2.24) is 4.98 Å². The number of pyridine rings is 1. The van der Waals surface area contributed by atoms with E-state index in [2.05, 4.69) is 31.2 Å². The predicted octanol–water partition coefficient (Wildman–Crippen LogP) is 6.00. The van der Waals surface area contributed by atoms with Gasteiger partial charge >= 0.3 is 0 Å². The average molecular weight is 462 g/mol. The van der Waals surface area contributed by atoms with Crippen LogP contribution in [0.1, 0.15) is 27.2 Å². The van der Waals surface area contributed by atoms with Gasteiger partial charge in [0.05, 0.1) is 5.69 Å². The summed E-state index contributed by atoms with van der Waals surface area (Å²) < 4.78 is 6.93. The number of hydrogen-bond donors (Lipinski definition) is 1. The third-order valence-electron chi connectivity index (χ3n) is 4.80. The van der Waals surface area contributed by atoms with Crippen LogP contribution in [-0.2, 0) is 0 Å². The molecule has 0 fully saturated rings. The molecule has 2 aromatic carbocycles. The summed E-state index contributed by atoms with van der Waals surface area (Å²) >= 11 is 3.47. The highest BCUT2D eigenvalue weighted by Gasteiger charge is 2.14. The van der Waals surface area contributed by atoms with E-state index in [9.17, 15) is 4.79 Å². The van der Waals surface area contributed by atoms with E-state index in [-0.39, 0.29) is 11.5 Å². The van der Waals surface area contributed by atoms with Gasteiger partial charge in [-0.15, -0.1) is 0 Å². The Balaban J connectivity index is 1.86. The maximum Gasteiger partial charge on any atom is 0.262 e. The Morgan fingerprint density at radius 2 is 1.83 bits per heavy atom. The van der Waals surface area contributed by atoms with Gasteiger partial charge in [0.25, 0.3) is 5.91 Å². The zero-order valence-electron chi connectivity index (χ0n) is 16.9. The zero-order chi connectivity index (χ0) is 21.3. The van der Waals surface area contributed by atoms with Crippen molar-refractivity contribution in [3.05, 3.63) is 93.1 Å². The SMILES string of the molecule is Cc1cccc(NC(=O)c2cc3cc(Br)ccc3oc2=Nc2ccc(C)c(C)c2)n1. The lowest BCUT2D eigenvalue weighted by Gasteiger charge is -2.07. The second kappa shape index (κ2) is 8.24. The van der Waals surface area contributed by atoms with Crippen LogP contribution in [0.4, 0.5) is 11.5 Å². The number of amides is 1. The number of rotatable bonds is 3. The lowest BCUT2D eigenvalue weighted by atomic mass is 10.1. The number of carbonyl (C=O) groups is 1. The molecule has 0 aliphatic carbocycles. The van der Waals surface area contributed by atoms with E-state index in [0.717, 1.165) is 26.8 Å². The molecule has 0 saturated carbocycles. The van der Waals surface area contributed by atoms with E-state index in [0.29, 0.717) is 17.0 Å². The molecule has 0 aliphatic rings. The Morgan fingerprint density at radius 3 is 2.60 bits per heavy atom. The molecule has 1 N–H and O–H groups in total. The summed E-state index contributed by atoms with van der Waals surface area (Å²) in [5, 5.41) is 3.64. The van der Waals surface area contributed by atoms with E-state index in [1.807, 2.05) is 69.3 Å². The standard InChI is InChI=1S/C24H20BrN3O2/c1-14-7-9-19(11-15(14)2)27-24-20(13-17-12-18(25)8-10-21(17)30-24)23(29)28-22-6-4-5-16(3)26-22/h4-13H,1-3H3,(H,26,28,29). The summed E-state index contributed by atoms with van der Waals surface area (Å²) in [6.45, 7) is 5.95. The lowest BCUT2D eigenvalue weighted by Crippen LogP contribution is -2.22. The number of halogens is 1. The summed E-state index contributed by atoms with van der Waals surface area (Å²) in [5.41, 5.74) is 5.07. The van der Waals surface area contributed by atoms with Gasteiger partial charge in [-0.3, -0.25) is 4.79 Å². The Hall–Kier alpha value is -3.25. The van der Waals surface area contributed by atoms with Gasteiger partial charge in [-0.2, -0.15) is 0 Å². The molecule has 6 heteroatoms. The van der Waals surface area contributed by atoms with Crippen LogP contribution in [0.5, 0.6) is 0 Å². The normalized spacial score (nSPS) is 11.7. The fourth-order valence-electron chi connectivity index (χ4n) is 3.06. The molecule has 150 valence electrons. The van der Waals surface area contributed by atoms with Crippen molar-refractivity contribution in [3.63, 3.8) is 0 Å². The molecule has 0 spiro atoms. The molecular formula is C24H20BrN3O2. The maximum absolute atomic E-state index is 13.1. The number of fused-ring (bicyclic) bond motifs is 1. The molecule has 2 aromatic heterocycles. The topological polar surface area (TPSA) is 67.5 Å². The van der Waals surface area contributed by atoms with Gasteiger partial charge < -0.3 is 9.73 Å². The second-order valence-corrected chi connectivity index (χ2v) is 8.06. The van der Waals surface area contributed by atoms with Gasteiger partial charge in [0, 0.05) is 15.6 Å². The van der Waals surface area contributed by atoms with Crippen LogP contribution in [0.3, 0.4) is 0 Å². The highest BCUT2D eigenvalue weighted by molar-refractivity contribution is 9.10. The maximum atomic E-state index is 13.1. The van der Waals surface area contributed by atoms with Crippen LogP contribution in [-0.4, -0.2) is 10.9 Å². The van der Waals surface area contributed by atoms with Gasteiger partial charge in [0.15, 0.2) is 0 Å². The fourth-order valence-corrected chi connectivity index (χ4v) is 3.43. The molecule has 0 saturated heterocycles. The molecule has 0 bridgehead atoms. The van der Waals surface area contributed by atoms with Crippen molar-refractivity contribution in [1.29, 1.82) is 0 Å². The minimum Gasteiger partial charge on any atom is -0.438 e. The third kappa shape index (κ3) is 4.33. The number of carbonyl (C=O) groups excluding carboxylic acids is 1. The summed E-state index contributed by atoms with van der Waals surface area (Å²) in [5.74, 6) is 0.146. The number of hydrogen-bond acceptors (Lipinski definition) is 4. The van der Waals surface area contributed by atoms with E-state index >= 15 is 0 Å². The van der Waals surface area contributed by atoms with Crippen LogP contribution in [0.25, 0.3) is 11.0 Å². The van der Waals surface area contributed by atoms with E-state index in [4.69, 9.17) is 4.42 Å². The molecule has 1 amide bonds. The summed E-state index contributed by atoms with van der Waals surface area (Å²) in [6.07, 6.45) is 0. The van der Waals surface area contributed by atoms with Gasteiger partial charge in [-0.05, 0) is 80.4 Å². The molecule has 0 unspecified atom stereocenters. The first-order valence-corrected chi connectivity index (χ1v) is 10.3. The molecule has 0 aliphatic heterocycles. The molecule has 4 rings (SSSR count). The van der Waals surface area contributed by atoms with Crippen molar-refractivity contribution < 1.29 is 9.21 Å². The highest BCUT2D eigenvalue weighted by atomic mass is 79.9. The minimum atomic E-state index is -0.332. The van der Waals surface area contributed by atoms with Crippen LogP contribution >= 0.6 is 15.9 Å². The van der Waals surface area contributed by atoms with Gasteiger partial charge in [-0.1, -0.05) is 28.1 Å². The Kier molecular flexibility index (Phi) is 5.50. The van der Waals surface area contributed by atoms with Crippen molar-refractivity contribution in [3.8, 4) is 0 Å². The molecular weight excluding hydrogens is 442 g/mol. The molecule has 30 heavy (non-hydrogen) atoms. The Morgan fingerprint density at radius 1 is 1.00 bits per heavy atom. The van der Waals surface area contributed by atoms with E-state index in [1.165, 1.54) is 5.56 Å². The number of aromatic nitrogens is 1. The van der Waals surface area contributed by atoms with Crippen molar-refractivity contribution in [2.45, 2.75) is 20.8 Å². The monoisotopic (exact) mass is 461 g/mol. The number of nitrogens with one attached hydrogen (secondary N) is 1. The smallest absolute Gasteiger partial charge is 0.262 e. The van der Waals surface area contributed by atoms with Gasteiger partial charge in [0.1, 0.15) is 17.0 Å². The molecule has 2 heterocycles. The number of aryl methyl sites for hydroxylation is 3. The predicted molar refractivity (Wildman–Crippen MR) is 122 cm³/mol. The summed E-state index contributed by atoms with van der Waals surface area (Å²) in [6, 6.07) is 18.8. The first kappa shape index (κ1) is 20.0. The van der Waals surface area contributed by atoms with Crippen LogP contribution in [0.15, 0.2) is 74.5 Å².